The summed E-state index contributed by atoms with van der Waals surface area (Å²) in [5.74, 6) is -0.930. The van der Waals surface area contributed by atoms with Gasteiger partial charge in [0.1, 0.15) is 0 Å². The molecule has 1 atom stereocenters. The molecule has 1 unspecified atom stereocenters. The number of rotatable bonds is 10. The molecular weight excluding hydrogens is 324 g/mol. The molecule has 6 heteroatoms. The van der Waals surface area contributed by atoms with E-state index in [1.807, 2.05) is 13.8 Å². The Hall–Kier alpha value is -1.66. The van der Waals surface area contributed by atoms with Crippen LogP contribution in [0.5, 0.6) is 0 Å². The van der Waals surface area contributed by atoms with Gasteiger partial charge in [0.25, 0.3) is 0 Å². The normalized spacial score (nSPS) is 11.6. The fourth-order valence-corrected chi connectivity index (χ4v) is 1.28. The van der Waals surface area contributed by atoms with Crippen LogP contribution >= 0.6 is 0 Å². The Morgan fingerprint density at radius 3 is 2.00 bits per heavy atom. The average Bonchev–Trinajstić information content (AvgIpc) is 2.53. The van der Waals surface area contributed by atoms with Crippen LogP contribution in [-0.2, 0) is 19.1 Å². The molecule has 0 saturated heterocycles. The first-order valence-corrected chi connectivity index (χ1v) is 8.44. The number of hydrogen-bond donors (Lipinski definition) is 2. The summed E-state index contributed by atoms with van der Waals surface area (Å²) in [6.07, 6.45) is 2.53. The van der Waals surface area contributed by atoms with Crippen molar-refractivity contribution < 1.29 is 29.3 Å². The molecule has 146 valence electrons. The van der Waals surface area contributed by atoms with E-state index in [1.54, 1.807) is 13.8 Å². The highest BCUT2D eigenvalue weighted by Gasteiger charge is 2.19. The van der Waals surface area contributed by atoms with Gasteiger partial charge >= 0.3 is 11.9 Å². The van der Waals surface area contributed by atoms with E-state index in [2.05, 4.69) is 24.8 Å². The van der Waals surface area contributed by atoms with E-state index in [9.17, 15) is 14.7 Å². The van der Waals surface area contributed by atoms with E-state index in [-0.39, 0.29) is 18.6 Å². The largest absolute Gasteiger partial charge is 0.462 e. The third-order valence-corrected chi connectivity index (χ3v) is 3.02. The zero-order chi connectivity index (χ0) is 20.0. The Balaban J connectivity index is 0. The van der Waals surface area contributed by atoms with Crippen LogP contribution in [0.15, 0.2) is 24.3 Å². The Kier molecular flexibility index (Phi) is 13.9. The second kappa shape index (κ2) is 13.6. The van der Waals surface area contributed by atoms with Gasteiger partial charge in [0.2, 0.25) is 6.29 Å². The summed E-state index contributed by atoms with van der Waals surface area (Å²) in [4.78, 5) is 21.8. The molecule has 0 aromatic rings. The molecule has 0 amide bonds. The summed E-state index contributed by atoms with van der Waals surface area (Å²) < 4.78 is 9.54. The minimum Gasteiger partial charge on any atom is -0.462 e. The van der Waals surface area contributed by atoms with Crippen LogP contribution in [0, 0.1) is 5.41 Å². The summed E-state index contributed by atoms with van der Waals surface area (Å²) in [7, 11) is 0. The van der Waals surface area contributed by atoms with Gasteiger partial charge in [-0.3, -0.25) is 0 Å². The van der Waals surface area contributed by atoms with Crippen LogP contribution in [0.3, 0.4) is 0 Å². The van der Waals surface area contributed by atoms with Crippen LogP contribution in [0.4, 0.5) is 0 Å². The first-order valence-electron chi connectivity index (χ1n) is 8.44. The molecule has 0 aromatic carbocycles. The third kappa shape index (κ3) is 15.6. The minimum atomic E-state index is -0.976. The fraction of sp³-hybridized carbons (Fsp3) is 0.684. The number of aliphatic hydroxyl groups is 2. The molecule has 0 radical (unpaired) electrons. The number of hydrogen-bond acceptors (Lipinski definition) is 6. The van der Waals surface area contributed by atoms with Crippen LogP contribution < -0.4 is 0 Å². The van der Waals surface area contributed by atoms with Gasteiger partial charge in [0.05, 0.1) is 13.2 Å². The number of esters is 2. The molecule has 0 heterocycles. The molecule has 0 aromatic heterocycles. The molecule has 0 saturated carbocycles. The topological polar surface area (TPSA) is 93.1 Å². The predicted octanol–water partition coefficient (Wildman–Crippen LogP) is 3.13. The fourth-order valence-electron chi connectivity index (χ4n) is 1.28. The van der Waals surface area contributed by atoms with Crippen molar-refractivity contribution in [3.05, 3.63) is 24.3 Å². The van der Waals surface area contributed by atoms with Crippen molar-refractivity contribution in [2.45, 2.75) is 66.6 Å². The van der Waals surface area contributed by atoms with E-state index < -0.39 is 18.2 Å². The number of ether oxygens (including phenoxy) is 2. The van der Waals surface area contributed by atoms with Crippen molar-refractivity contribution in [3.8, 4) is 0 Å². The summed E-state index contributed by atoms with van der Waals surface area (Å²) >= 11 is 0. The molecule has 0 spiro atoms. The van der Waals surface area contributed by atoms with E-state index in [0.717, 1.165) is 19.3 Å². The Bertz CT molecular complexity index is 439. The van der Waals surface area contributed by atoms with Crippen LogP contribution in [0.1, 0.15) is 60.3 Å². The second-order valence-corrected chi connectivity index (χ2v) is 6.81. The van der Waals surface area contributed by atoms with Crippen molar-refractivity contribution >= 4 is 11.9 Å². The lowest BCUT2D eigenvalue weighted by Gasteiger charge is -2.20. The van der Waals surface area contributed by atoms with Gasteiger partial charge in [0.15, 0.2) is 0 Å². The van der Waals surface area contributed by atoms with Gasteiger partial charge in [-0.1, -0.05) is 46.8 Å². The van der Waals surface area contributed by atoms with Crippen molar-refractivity contribution in [2.24, 2.45) is 5.41 Å². The number of unbranched alkanes of at least 4 members (excludes halogenated alkanes) is 2. The molecule has 0 rings (SSSR count). The number of aliphatic hydroxyl groups excluding tert-OH is 2. The van der Waals surface area contributed by atoms with E-state index in [0.29, 0.717) is 17.6 Å². The molecule has 0 aliphatic heterocycles. The Labute approximate surface area is 151 Å². The molecular formula is C19H34O6. The van der Waals surface area contributed by atoms with Crippen molar-refractivity contribution in [3.63, 3.8) is 0 Å². The zero-order valence-electron chi connectivity index (χ0n) is 16.3. The minimum absolute atomic E-state index is 0.00350. The highest BCUT2D eigenvalue weighted by molar-refractivity contribution is 5.87. The highest BCUT2D eigenvalue weighted by atomic mass is 16.6. The monoisotopic (exact) mass is 358 g/mol. The lowest BCUT2D eigenvalue weighted by Crippen LogP contribution is -2.25. The van der Waals surface area contributed by atoms with Gasteiger partial charge in [-0.25, -0.2) is 9.59 Å². The van der Waals surface area contributed by atoms with E-state index in [1.165, 1.54) is 0 Å². The van der Waals surface area contributed by atoms with Crippen molar-refractivity contribution in [1.29, 1.82) is 0 Å². The van der Waals surface area contributed by atoms with Gasteiger partial charge in [-0.05, 0) is 20.3 Å². The standard InChI is InChI=1S/C10H18O3.C9H16O3/c1-4-5-6-7-9(11)13-10(12)8(2)3;1-7(2)8(11)12-6-9(3,4)5-10/h9,11H,2,4-7H2,1,3H3;10H,1,5-6H2,2-4H3. The molecule has 6 nitrogen and oxygen atoms in total. The summed E-state index contributed by atoms with van der Waals surface area (Å²) in [6.45, 7) is 15.9. The van der Waals surface area contributed by atoms with Gasteiger partial charge in [0, 0.05) is 23.0 Å². The average molecular weight is 358 g/mol. The predicted molar refractivity (Wildman–Crippen MR) is 97.7 cm³/mol. The lowest BCUT2D eigenvalue weighted by atomic mass is 9.97. The Morgan fingerprint density at radius 1 is 1.08 bits per heavy atom. The maximum absolute atomic E-state index is 10.9. The molecule has 25 heavy (non-hydrogen) atoms. The van der Waals surface area contributed by atoms with Crippen LogP contribution in [-0.4, -0.2) is 41.7 Å². The highest BCUT2D eigenvalue weighted by Crippen LogP contribution is 2.14. The van der Waals surface area contributed by atoms with Crippen LogP contribution in [0.25, 0.3) is 0 Å². The van der Waals surface area contributed by atoms with Crippen molar-refractivity contribution in [1.82, 2.24) is 0 Å². The molecule has 0 bridgehead atoms. The van der Waals surface area contributed by atoms with E-state index in [4.69, 9.17) is 9.84 Å². The molecule has 0 aliphatic carbocycles. The molecule has 0 aliphatic rings. The van der Waals surface area contributed by atoms with Gasteiger partial charge < -0.3 is 19.7 Å². The first-order chi connectivity index (χ1) is 11.5. The molecule has 2 N–H and O–H groups in total. The maximum atomic E-state index is 10.9. The second-order valence-electron chi connectivity index (χ2n) is 6.81. The molecule has 0 fully saturated rings. The Morgan fingerprint density at radius 2 is 1.60 bits per heavy atom. The maximum Gasteiger partial charge on any atom is 0.335 e. The summed E-state index contributed by atoms with van der Waals surface area (Å²) in [6, 6.07) is 0. The van der Waals surface area contributed by atoms with Gasteiger partial charge in [-0.2, -0.15) is 0 Å². The third-order valence-electron chi connectivity index (χ3n) is 3.02. The first kappa shape index (κ1) is 25.6. The van der Waals surface area contributed by atoms with Gasteiger partial charge in [-0.15, -0.1) is 0 Å². The van der Waals surface area contributed by atoms with Crippen LogP contribution in [0.2, 0.25) is 0 Å². The zero-order valence-corrected chi connectivity index (χ0v) is 16.3. The number of carbonyl (C=O) groups excluding carboxylic acids is 2. The quantitative estimate of drug-likeness (QED) is 0.270. The van der Waals surface area contributed by atoms with E-state index >= 15 is 0 Å². The number of carbonyl (C=O) groups is 2. The van der Waals surface area contributed by atoms with Crippen molar-refractivity contribution in [2.75, 3.05) is 13.2 Å². The summed E-state index contributed by atoms with van der Waals surface area (Å²) in [5, 5.41) is 18.0. The summed E-state index contributed by atoms with van der Waals surface area (Å²) in [5.41, 5.74) is 0.323. The SMILES string of the molecule is C=C(C)C(=O)OC(O)CCCCC.C=C(C)C(=O)OCC(C)(C)CO. The lowest BCUT2D eigenvalue weighted by molar-refractivity contribution is -0.163. The smallest absolute Gasteiger partial charge is 0.335 e.